The van der Waals surface area contributed by atoms with Crippen molar-refractivity contribution in [3.63, 3.8) is 0 Å². The summed E-state index contributed by atoms with van der Waals surface area (Å²) in [5, 5.41) is 9.87. The molecule has 0 aromatic rings. The lowest BCUT2D eigenvalue weighted by atomic mass is 10.0. The number of unbranched alkanes of at least 4 members (excludes halogenated alkanes) is 25. The van der Waals surface area contributed by atoms with Crippen molar-refractivity contribution in [1.82, 2.24) is 0 Å². The van der Waals surface area contributed by atoms with Crippen molar-refractivity contribution >= 4 is 13.8 Å². The number of nitrogens with zero attached hydrogens (tertiary/aromatic N) is 1. The van der Waals surface area contributed by atoms with Gasteiger partial charge in [0.25, 0.3) is 7.82 Å². The van der Waals surface area contributed by atoms with Crippen LogP contribution in [0.1, 0.15) is 187 Å². The Morgan fingerprint density at radius 1 is 0.633 bits per heavy atom. The van der Waals surface area contributed by atoms with Crippen LogP contribution < -0.4 is 4.89 Å². The number of likely N-dealkylation sites (N-methyl/N-ethyl adjacent to an activating group) is 1. The molecule has 0 aliphatic rings. The molecular weight excluding hydrogens is 637 g/mol. The number of hydrogen-bond donors (Lipinski definition) is 1. The molecule has 0 bridgehead atoms. The zero-order chi connectivity index (χ0) is 36.3. The van der Waals surface area contributed by atoms with Gasteiger partial charge in [0.1, 0.15) is 25.9 Å². The molecule has 0 aliphatic heterocycles. The lowest BCUT2D eigenvalue weighted by molar-refractivity contribution is -0.870. The number of esters is 1. The van der Waals surface area contributed by atoms with Crippen LogP contribution in [0.25, 0.3) is 0 Å². The van der Waals surface area contributed by atoms with Gasteiger partial charge in [-0.2, -0.15) is 0 Å². The number of aliphatic hydroxyl groups is 1. The van der Waals surface area contributed by atoms with Crippen molar-refractivity contribution in [3.8, 4) is 0 Å². The molecule has 8 nitrogen and oxygen atoms in total. The van der Waals surface area contributed by atoms with Crippen LogP contribution in [0.15, 0.2) is 12.2 Å². The summed E-state index contributed by atoms with van der Waals surface area (Å²) < 4.78 is 26.8. The van der Waals surface area contributed by atoms with E-state index >= 15 is 0 Å². The number of aliphatic hydroxyl groups excluding tert-OH is 1. The summed E-state index contributed by atoms with van der Waals surface area (Å²) >= 11 is 0. The molecule has 0 spiro atoms. The maximum atomic E-state index is 11.9. The van der Waals surface area contributed by atoms with E-state index < -0.39 is 20.5 Å². The third-order valence-corrected chi connectivity index (χ3v) is 9.98. The standard InChI is InChI=1S/C40H80NO7P/c1-5-6-7-8-9-10-11-12-13-14-15-16-17-18-19-20-21-22-23-24-25-26-27-28-29-30-31-32-33-34-40(43)46-37-39(42)38-48-49(44,45)47-36-35-41(2,3)4/h14-15,39,42H,5-13,16-38H2,1-4H3/b15-14-. The van der Waals surface area contributed by atoms with E-state index in [2.05, 4.69) is 23.6 Å². The van der Waals surface area contributed by atoms with Gasteiger partial charge in [-0.05, 0) is 32.1 Å². The number of ether oxygens (including phenoxy) is 1. The summed E-state index contributed by atoms with van der Waals surface area (Å²) in [7, 11) is 1.26. The first-order valence-corrected chi connectivity index (χ1v) is 21.9. The highest BCUT2D eigenvalue weighted by molar-refractivity contribution is 7.45. The molecule has 2 unspecified atom stereocenters. The third kappa shape index (κ3) is 39.9. The van der Waals surface area contributed by atoms with Crippen molar-refractivity contribution in [2.45, 2.75) is 193 Å². The normalized spacial score (nSPS) is 14.0. The van der Waals surface area contributed by atoms with Gasteiger partial charge in [-0.25, -0.2) is 0 Å². The Morgan fingerprint density at radius 3 is 1.43 bits per heavy atom. The summed E-state index contributed by atoms with van der Waals surface area (Å²) in [4.78, 5) is 23.7. The zero-order valence-corrected chi connectivity index (χ0v) is 33.5. The number of allylic oxidation sites excluding steroid dienone is 2. The van der Waals surface area contributed by atoms with E-state index in [-0.39, 0.29) is 19.2 Å². The maximum Gasteiger partial charge on any atom is 0.305 e. The van der Waals surface area contributed by atoms with Crippen LogP contribution in [-0.2, 0) is 23.1 Å². The molecule has 0 saturated heterocycles. The fourth-order valence-corrected chi connectivity index (χ4v) is 6.50. The van der Waals surface area contributed by atoms with Crippen LogP contribution in [0.4, 0.5) is 0 Å². The van der Waals surface area contributed by atoms with E-state index in [1.165, 1.54) is 154 Å². The van der Waals surface area contributed by atoms with Crippen molar-refractivity contribution in [2.75, 3.05) is 47.5 Å². The number of hydrogen-bond acceptors (Lipinski definition) is 7. The molecule has 0 radical (unpaired) electrons. The summed E-state index contributed by atoms with van der Waals surface area (Å²) in [6.07, 6.45) is 39.6. The summed E-state index contributed by atoms with van der Waals surface area (Å²) in [6, 6.07) is 0. The number of carbonyl (C=O) groups is 1. The van der Waals surface area contributed by atoms with Gasteiger partial charge in [0, 0.05) is 6.42 Å². The summed E-state index contributed by atoms with van der Waals surface area (Å²) in [5.41, 5.74) is 0. The van der Waals surface area contributed by atoms with Gasteiger partial charge in [-0.15, -0.1) is 0 Å². The van der Waals surface area contributed by atoms with Crippen molar-refractivity contribution in [2.24, 2.45) is 0 Å². The smallest absolute Gasteiger partial charge is 0.305 e. The van der Waals surface area contributed by atoms with Gasteiger partial charge >= 0.3 is 5.97 Å². The number of rotatable bonds is 38. The van der Waals surface area contributed by atoms with Crippen molar-refractivity contribution in [1.29, 1.82) is 0 Å². The molecular formula is C40H80NO7P. The minimum atomic E-state index is -4.50. The highest BCUT2D eigenvalue weighted by Crippen LogP contribution is 2.38. The van der Waals surface area contributed by atoms with Crippen molar-refractivity contribution in [3.05, 3.63) is 12.2 Å². The Bertz CT molecular complexity index is 802. The molecule has 0 aromatic heterocycles. The molecule has 9 heteroatoms. The minimum Gasteiger partial charge on any atom is -0.756 e. The van der Waals surface area contributed by atoms with Gasteiger partial charge in [-0.3, -0.25) is 9.36 Å². The van der Waals surface area contributed by atoms with E-state index in [0.717, 1.165) is 19.3 Å². The van der Waals surface area contributed by atoms with Gasteiger partial charge in [0.05, 0.1) is 27.7 Å². The van der Waals surface area contributed by atoms with Gasteiger partial charge < -0.3 is 28.3 Å². The van der Waals surface area contributed by atoms with E-state index in [1.54, 1.807) is 0 Å². The highest BCUT2D eigenvalue weighted by atomic mass is 31.2. The second-order valence-corrected chi connectivity index (χ2v) is 16.6. The van der Waals surface area contributed by atoms with Gasteiger partial charge in [0.2, 0.25) is 0 Å². The van der Waals surface area contributed by atoms with Crippen LogP contribution in [0.3, 0.4) is 0 Å². The van der Waals surface area contributed by atoms with Crippen LogP contribution in [0.2, 0.25) is 0 Å². The molecule has 0 heterocycles. The Labute approximate surface area is 303 Å². The largest absolute Gasteiger partial charge is 0.756 e. The molecule has 0 aliphatic carbocycles. The maximum absolute atomic E-state index is 11.9. The van der Waals surface area contributed by atoms with E-state index in [1.807, 2.05) is 21.1 Å². The minimum absolute atomic E-state index is 0.00607. The first-order valence-electron chi connectivity index (χ1n) is 20.4. The average Bonchev–Trinajstić information content (AvgIpc) is 3.05. The molecule has 1 N–H and O–H groups in total. The van der Waals surface area contributed by atoms with E-state index in [0.29, 0.717) is 17.4 Å². The average molecular weight is 718 g/mol. The molecule has 292 valence electrons. The highest BCUT2D eigenvalue weighted by Gasteiger charge is 2.16. The fourth-order valence-electron chi connectivity index (χ4n) is 5.77. The molecule has 0 saturated carbocycles. The lowest BCUT2D eigenvalue weighted by Crippen LogP contribution is -2.37. The number of phosphoric ester groups is 1. The van der Waals surface area contributed by atoms with Gasteiger partial charge in [-0.1, -0.05) is 160 Å². The molecule has 0 fully saturated rings. The van der Waals surface area contributed by atoms with Crippen molar-refractivity contribution < 1.29 is 37.6 Å². The number of phosphoric acid groups is 1. The Morgan fingerprint density at radius 2 is 1.02 bits per heavy atom. The van der Waals surface area contributed by atoms with Crippen LogP contribution >= 0.6 is 7.82 Å². The third-order valence-electron chi connectivity index (χ3n) is 9.02. The van der Waals surface area contributed by atoms with Crippen LogP contribution in [-0.4, -0.2) is 69.2 Å². The Kier molecular flexibility index (Phi) is 33.8. The van der Waals surface area contributed by atoms with E-state index in [9.17, 15) is 19.4 Å². The summed E-state index contributed by atoms with van der Waals surface area (Å²) in [6.45, 7) is 1.97. The SMILES string of the molecule is CCCCCCCCCC/C=C\CCCCCCCCCCCCCCCCCCCC(=O)OCC(O)COP(=O)([O-])OCC[N+](C)(C)C. The van der Waals surface area contributed by atoms with Crippen LogP contribution in [0.5, 0.6) is 0 Å². The second kappa shape index (κ2) is 34.3. The fraction of sp³-hybridized carbons (Fsp3) is 0.925. The monoisotopic (exact) mass is 718 g/mol. The first kappa shape index (κ1) is 48.2. The quantitative estimate of drug-likeness (QED) is 0.0223. The lowest BCUT2D eigenvalue weighted by Gasteiger charge is -2.27. The molecule has 0 amide bonds. The Hall–Kier alpha value is -0.760. The topological polar surface area (TPSA) is 105 Å². The number of quaternary nitrogens is 1. The molecule has 49 heavy (non-hydrogen) atoms. The Balaban J connectivity index is 3.36. The molecule has 0 aromatic carbocycles. The second-order valence-electron chi connectivity index (χ2n) is 15.2. The predicted octanol–water partition coefficient (Wildman–Crippen LogP) is 10.6. The van der Waals surface area contributed by atoms with E-state index in [4.69, 9.17) is 9.26 Å². The number of carbonyl (C=O) groups excluding carboxylic acids is 1. The van der Waals surface area contributed by atoms with Gasteiger partial charge in [0.15, 0.2) is 0 Å². The van der Waals surface area contributed by atoms with Crippen LogP contribution in [0, 0.1) is 0 Å². The first-order chi connectivity index (χ1) is 23.6. The predicted molar refractivity (Wildman–Crippen MR) is 203 cm³/mol. The zero-order valence-electron chi connectivity index (χ0n) is 32.7. The molecule has 2 atom stereocenters. The summed E-state index contributed by atoms with van der Waals surface area (Å²) in [5.74, 6) is -0.383. The molecule has 0 rings (SSSR count).